The van der Waals surface area contributed by atoms with Gasteiger partial charge in [0.2, 0.25) is 0 Å². The van der Waals surface area contributed by atoms with Gasteiger partial charge in [-0.1, -0.05) is 11.6 Å². The van der Waals surface area contributed by atoms with Crippen molar-refractivity contribution < 1.29 is 14.6 Å². The van der Waals surface area contributed by atoms with E-state index in [0.29, 0.717) is 18.1 Å². The van der Waals surface area contributed by atoms with E-state index >= 15 is 0 Å². The molecule has 1 aromatic carbocycles. The van der Waals surface area contributed by atoms with Crippen LogP contribution >= 0.6 is 11.6 Å². The molecular weight excluding hydrogens is 304 g/mol. The third-order valence-electron chi connectivity index (χ3n) is 3.56. The van der Waals surface area contributed by atoms with E-state index in [0.717, 1.165) is 42.7 Å². The second-order valence-electron chi connectivity index (χ2n) is 5.26. The molecule has 0 aliphatic heterocycles. The van der Waals surface area contributed by atoms with Gasteiger partial charge in [0, 0.05) is 38.1 Å². The zero-order valence-electron chi connectivity index (χ0n) is 12.7. The van der Waals surface area contributed by atoms with Crippen LogP contribution in [0.5, 0.6) is 0 Å². The molecule has 6 heteroatoms. The Bertz CT molecular complexity index is 640. The number of aliphatic carboxylic acids is 1. The second kappa shape index (κ2) is 8.15. The number of nitrogens with zero attached hydrogens (tertiary/aromatic N) is 2. The molecule has 0 amide bonds. The molecule has 0 aliphatic carbocycles. The first-order valence-electron chi connectivity index (χ1n) is 7.47. The Labute approximate surface area is 134 Å². The van der Waals surface area contributed by atoms with E-state index in [1.165, 1.54) is 0 Å². The summed E-state index contributed by atoms with van der Waals surface area (Å²) in [7, 11) is 1.69. The van der Waals surface area contributed by atoms with Crippen LogP contribution in [-0.4, -0.2) is 34.3 Å². The first kappa shape index (κ1) is 16.8. The van der Waals surface area contributed by atoms with Crippen molar-refractivity contribution in [2.75, 3.05) is 13.7 Å². The Morgan fingerprint density at radius 3 is 2.91 bits per heavy atom. The number of carboxylic acids is 1. The number of methoxy groups -OCH3 is 1. The van der Waals surface area contributed by atoms with Crippen molar-refractivity contribution >= 4 is 28.6 Å². The summed E-state index contributed by atoms with van der Waals surface area (Å²) in [6, 6.07) is 5.69. The molecule has 2 aromatic rings. The maximum atomic E-state index is 10.6. The van der Waals surface area contributed by atoms with Gasteiger partial charge in [0.15, 0.2) is 0 Å². The van der Waals surface area contributed by atoms with Crippen LogP contribution in [0.4, 0.5) is 0 Å². The van der Waals surface area contributed by atoms with Gasteiger partial charge in [-0.05, 0) is 37.5 Å². The van der Waals surface area contributed by atoms with Gasteiger partial charge in [0.25, 0.3) is 0 Å². The number of carboxylic acid groups (broad SMARTS) is 1. The number of aromatic nitrogens is 2. The van der Waals surface area contributed by atoms with Gasteiger partial charge in [-0.2, -0.15) is 0 Å². The number of halogens is 1. The van der Waals surface area contributed by atoms with Crippen LogP contribution in [0.1, 0.15) is 31.5 Å². The SMILES string of the molecule is COCCCn1c(CCCCC(=O)O)nc2ccc(Cl)cc21. The number of hydrogen-bond donors (Lipinski definition) is 1. The van der Waals surface area contributed by atoms with Crippen molar-refractivity contribution in [3.63, 3.8) is 0 Å². The van der Waals surface area contributed by atoms with Crippen LogP contribution < -0.4 is 0 Å². The topological polar surface area (TPSA) is 64.3 Å². The Kier molecular flexibility index (Phi) is 6.21. The third kappa shape index (κ3) is 4.45. The van der Waals surface area contributed by atoms with Crippen molar-refractivity contribution in [1.29, 1.82) is 0 Å². The minimum absolute atomic E-state index is 0.204. The largest absolute Gasteiger partial charge is 0.481 e. The average Bonchev–Trinajstić information content (AvgIpc) is 2.81. The van der Waals surface area contributed by atoms with Gasteiger partial charge in [-0.15, -0.1) is 0 Å². The molecule has 0 bridgehead atoms. The zero-order chi connectivity index (χ0) is 15.9. The van der Waals surface area contributed by atoms with Crippen LogP contribution in [0.25, 0.3) is 11.0 Å². The second-order valence-corrected chi connectivity index (χ2v) is 5.70. The van der Waals surface area contributed by atoms with E-state index in [-0.39, 0.29) is 6.42 Å². The molecule has 0 spiro atoms. The molecule has 0 radical (unpaired) electrons. The highest BCUT2D eigenvalue weighted by molar-refractivity contribution is 6.31. The van der Waals surface area contributed by atoms with E-state index in [9.17, 15) is 4.79 Å². The molecular formula is C16H21ClN2O3. The number of hydrogen-bond acceptors (Lipinski definition) is 3. The highest BCUT2D eigenvalue weighted by atomic mass is 35.5. The lowest BCUT2D eigenvalue weighted by atomic mass is 10.2. The molecule has 0 unspecified atom stereocenters. The summed E-state index contributed by atoms with van der Waals surface area (Å²) in [5.74, 6) is 0.235. The molecule has 0 saturated heterocycles. The number of fused-ring (bicyclic) bond motifs is 1. The normalized spacial score (nSPS) is 11.2. The Morgan fingerprint density at radius 1 is 1.36 bits per heavy atom. The summed E-state index contributed by atoms with van der Waals surface area (Å²) in [6.07, 6.45) is 3.35. The third-order valence-corrected chi connectivity index (χ3v) is 3.80. The van der Waals surface area contributed by atoms with E-state index in [1.807, 2.05) is 18.2 Å². The van der Waals surface area contributed by atoms with Crippen molar-refractivity contribution in [1.82, 2.24) is 9.55 Å². The monoisotopic (exact) mass is 324 g/mol. The summed E-state index contributed by atoms with van der Waals surface area (Å²) in [6.45, 7) is 1.51. The van der Waals surface area contributed by atoms with Gasteiger partial charge in [0.1, 0.15) is 5.82 Å². The van der Waals surface area contributed by atoms with E-state index in [1.54, 1.807) is 7.11 Å². The Morgan fingerprint density at radius 2 is 2.18 bits per heavy atom. The average molecular weight is 325 g/mol. The predicted molar refractivity (Wildman–Crippen MR) is 86.4 cm³/mol. The van der Waals surface area contributed by atoms with E-state index < -0.39 is 5.97 Å². The number of rotatable bonds is 9. The Hall–Kier alpha value is -1.59. The first-order valence-corrected chi connectivity index (χ1v) is 7.85. The fourth-order valence-corrected chi connectivity index (χ4v) is 2.68. The summed E-state index contributed by atoms with van der Waals surface area (Å²) >= 11 is 6.09. The molecule has 22 heavy (non-hydrogen) atoms. The summed E-state index contributed by atoms with van der Waals surface area (Å²) in [5, 5.41) is 9.40. The number of imidazole rings is 1. The number of benzene rings is 1. The first-order chi connectivity index (χ1) is 10.6. The standard InChI is InChI=1S/C16H21ClN2O3/c1-22-10-4-9-19-14-11-12(17)7-8-13(14)18-15(19)5-2-3-6-16(20)21/h7-8,11H,2-6,9-10H2,1H3,(H,20,21). The zero-order valence-corrected chi connectivity index (χ0v) is 13.5. The fraction of sp³-hybridized carbons (Fsp3) is 0.500. The van der Waals surface area contributed by atoms with Crippen molar-refractivity contribution in [2.45, 2.75) is 38.6 Å². The summed E-state index contributed by atoms with van der Waals surface area (Å²) in [5.41, 5.74) is 1.95. The van der Waals surface area contributed by atoms with Crippen molar-refractivity contribution in [3.8, 4) is 0 Å². The lowest BCUT2D eigenvalue weighted by molar-refractivity contribution is -0.137. The maximum Gasteiger partial charge on any atom is 0.303 e. The quantitative estimate of drug-likeness (QED) is 0.717. The molecule has 0 fully saturated rings. The van der Waals surface area contributed by atoms with Crippen LogP contribution in [0.2, 0.25) is 5.02 Å². The number of aryl methyl sites for hydroxylation is 2. The molecule has 5 nitrogen and oxygen atoms in total. The molecule has 1 heterocycles. The molecule has 0 atom stereocenters. The van der Waals surface area contributed by atoms with Crippen LogP contribution in [0.3, 0.4) is 0 Å². The number of unbranched alkanes of at least 4 members (excludes halogenated alkanes) is 1. The smallest absolute Gasteiger partial charge is 0.303 e. The fourth-order valence-electron chi connectivity index (χ4n) is 2.51. The predicted octanol–water partition coefficient (Wildman–Crippen LogP) is 3.52. The van der Waals surface area contributed by atoms with Gasteiger partial charge in [-0.3, -0.25) is 4.79 Å². The molecule has 1 N–H and O–H groups in total. The van der Waals surface area contributed by atoms with Gasteiger partial charge in [0.05, 0.1) is 11.0 Å². The minimum atomic E-state index is -0.750. The van der Waals surface area contributed by atoms with Crippen LogP contribution in [-0.2, 0) is 22.5 Å². The number of ether oxygens (including phenoxy) is 1. The van der Waals surface area contributed by atoms with Crippen molar-refractivity contribution in [3.05, 3.63) is 29.0 Å². The van der Waals surface area contributed by atoms with Gasteiger partial charge >= 0.3 is 5.97 Å². The lowest BCUT2D eigenvalue weighted by Crippen LogP contribution is -2.06. The van der Waals surface area contributed by atoms with Gasteiger partial charge < -0.3 is 14.4 Å². The molecule has 0 saturated carbocycles. The summed E-state index contributed by atoms with van der Waals surface area (Å²) in [4.78, 5) is 15.2. The van der Waals surface area contributed by atoms with Gasteiger partial charge in [-0.25, -0.2) is 4.98 Å². The summed E-state index contributed by atoms with van der Waals surface area (Å²) < 4.78 is 7.28. The highest BCUT2D eigenvalue weighted by Crippen LogP contribution is 2.22. The minimum Gasteiger partial charge on any atom is -0.481 e. The van der Waals surface area contributed by atoms with Crippen LogP contribution in [0.15, 0.2) is 18.2 Å². The Balaban J connectivity index is 2.15. The highest BCUT2D eigenvalue weighted by Gasteiger charge is 2.11. The molecule has 120 valence electrons. The van der Waals surface area contributed by atoms with E-state index in [2.05, 4.69) is 9.55 Å². The van der Waals surface area contributed by atoms with Crippen LogP contribution in [0, 0.1) is 0 Å². The van der Waals surface area contributed by atoms with Crippen molar-refractivity contribution in [2.24, 2.45) is 0 Å². The molecule has 0 aliphatic rings. The maximum absolute atomic E-state index is 10.6. The number of carbonyl (C=O) groups is 1. The lowest BCUT2D eigenvalue weighted by Gasteiger charge is -2.09. The van der Waals surface area contributed by atoms with E-state index in [4.69, 9.17) is 21.4 Å². The molecule has 1 aromatic heterocycles. The molecule has 2 rings (SSSR count).